The maximum atomic E-state index is 13.9. The number of carbonyl (C=O) groups excluding carboxylic acids is 1. The molecule has 0 atom stereocenters. The molecule has 0 bridgehead atoms. The summed E-state index contributed by atoms with van der Waals surface area (Å²) < 4.78 is 18.4. The van der Waals surface area contributed by atoms with Gasteiger partial charge in [0, 0.05) is 36.5 Å². The molecule has 9 heteroatoms. The van der Waals surface area contributed by atoms with E-state index < -0.39 is 4.92 Å². The number of Topliss-reactive ketones (excluding diaryl/α,β-unsaturated/α-hetero) is 1. The third-order valence-electron chi connectivity index (χ3n) is 7.18. The van der Waals surface area contributed by atoms with Crippen molar-refractivity contribution >= 4 is 22.2 Å². The lowest BCUT2D eigenvalue weighted by atomic mass is 10.00. The summed E-state index contributed by atoms with van der Waals surface area (Å²) in [5.41, 5.74) is 1.48. The number of fused-ring (bicyclic) bond motifs is 1. The first-order chi connectivity index (χ1) is 20.2. The predicted molar refractivity (Wildman–Crippen MR) is 164 cm³/mol. The standard InChI is InChI=1S/C33H41N3O6/c1-23(2)13-17-41-31-19-28(33(42-18-14-24(3)4)32-27(31)7-6-8-30(32)40-5)29(37)21-35-16-15-34(22-35)20-25-9-11-26(12-10-25)36(38)39/h6-12,15-16,19,23-24H,13-14,17-18,20-22H2,1-5H3. The summed E-state index contributed by atoms with van der Waals surface area (Å²) >= 11 is 0. The molecule has 9 nitrogen and oxygen atoms in total. The number of nitro benzene ring substituents is 1. The molecule has 0 aromatic heterocycles. The lowest BCUT2D eigenvalue weighted by molar-refractivity contribution is -0.384. The van der Waals surface area contributed by atoms with E-state index >= 15 is 0 Å². The highest BCUT2D eigenvalue weighted by Gasteiger charge is 2.25. The molecule has 1 aliphatic rings. The Labute approximate surface area is 247 Å². The van der Waals surface area contributed by atoms with E-state index in [2.05, 4.69) is 32.6 Å². The van der Waals surface area contributed by atoms with Crippen LogP contribution in [0.15, 0.2) is 60.9 Å². The Bertz CT molecular complexity index is 1420. The highest BCUT2D eigenvalue weighted by molar-refractivity contribution is 6.09. The van der Waals surface area contributed by atoms with Crippen LogP contribution in [0.4, 0.5) is 5.69 Å². The molecule has 0 radical (unpaired) electrons. The van der Waals surface area contributed by atoms with Gasteiger partial charge in [-0.2, -0.15) is 0 Å². The van der Waals surface area contributed by atoms with Crippen molar-refractivity contribution in [1.29, 1.82) is 0 Å². The first-order valence-electron chi connectivity index (χ1n) is 14.5. The molecule has 0 amide bonds. The quantitative estimate of drug-likeness (QED) is 0.108. The van der Waals surface area contributed by atoms with Gasteiger partial charge in [0.1, 0.15) is 17.2 Å². The van der Waals surface area contributed by atoms with Crippen molar-refractivity contribution in [2.45, 2.75) is 47.1 Å². The summed E-state index contributed by atoms with van der Waals surface area (Å²) in [7, 11) is 1.62. The molecule has 0 fully saturated rings. The summed E-state index contributed by atoms with van der Waals surface area (Å²) in [6.45, 7) is 10.8. The second-order valence-corrected chi connectivity index (χ2v) is 11.5. The fourth-order valence-electron chi connectivity index (χ4n) is 4.78. The van der Waals surface area contributed by atoms with Crippen molar-refractivity contribution < 1.29 is 23.9 Å². The lowest BCUT2D eigenvalue weighted by Gasteiger charge is -2.23. The zero-order chi connectivity index (χ0) is 30.2. The van der Waals surface area contributed by atoms with Gasteiger partial charge >= 0.3 is 0 Å². The minimum absolute atomic E-state index is 0.0638. The third kappa shape index (κ3) is 7.72. The number of rotatable bonds is 15. The summed E-state index contributed by atoms with van der Waals surface area (Å²) in [6, 6.07) is 14.1. The fraction of sp³-hybridized carbons (Fsp3) is 0.424. The van der Waals surface area contributed by atoms with Gasteiger partial charge in [-0.1, -0.05) is 52.0 Å². The second-order valence-electron chi connectivity index (χ2n) is 11.5. The van der Waals surface area contributed by atoms with Crippen LogP contribution in [-0.4, -0.2) is 54.0 Å². The molecule has 3 aromatic carbocycles. The zero-order valence-electron chi connectivity index (χ0n) is 25.2. The maximum absolute atomic E-state index is 13.9. The number of methoxy groups -OCH3 is 1. The molecule has 3 aromatic rings. The SMILES string of the molecule is COc1cccc2c(OCCC(C)C)cc(C(=O)CN3C=CN(Cc4ccc([N+](=O)[O-])cc4)C3)c(OCCC(C)C)c12. The molecule has 0 spiro atoms. The van der Waals surface area contributed by atoms with Gasteiger partial charge in [-0.15, -0.1) is 0 Å². The van der Waals surface area contributed by atoms with E-state index in [9.17, 15) is 14.9 Å². The van der Waals surface area contributed by atoms with Crippen LogP contribution in [0.5, 0.6) is 17.2 Å². The van der Waals surface area contributed by atoms with Gasteiger partial charge in [-0.25, -0.2) is 0 Å². The normalized spacial score (nSPS) is 12.9. The Morgan fingerprint density at radius 2 is 1.60 bits per heavy atom. The molecule has 224 valence electrons. The highest BCUT2D eigenvalue weighted by atomic mass is 16.6. The number of nitrogens with zero attached hydrogens (tertiary/aromatic N) is 3. The molecule has 0 saturated heterocycles. The predicted octanol–water partition coefficient (Wildman–Crippen LogP) is 7.04. The summed E-state index contributed by atoms with van der Waals surface area (Å²) in [6.07, 6.45) is 5.57. The molecule has 4 rings (SSSR count). The molecule has 0 saturated carbocycles. The number of ketones is 1. The van der Waals surface area contributed by atoms with Crippen LogP contribution >= 0.6 is 0 Å². The maximum Gasteiger partial charge on any atom is 0.269 e. The molecule has 1 heterocycles. The van der Waals surface area contributed by atoms with Crippen LogP contribution in [0.1, 0.15) is 56.5 Å². The third-order valence-corrected chi connectivity index (χ3v) is 7.18. The van der Waals surface area contributed by atoms with Crippen LogP contribution in [0.2, 0.25) is 0 Å². The largest absolute Gasteiger partial charge is 0.496 e. The van der Waals surface area contributed by atoms with Gasteiger partial charge in [0.05, 0.1) is 49.4 Å². The minimum atomic E-state index is -0.406. The topological polar surface area (TPSA) is 94.4 Å². The number of hydrogen-bond donors (Lipinski definition) is 0. The number of hydrogen-bond acceptors (Lipinski definition) is 8. The van der Waals surface area contributed by atoms with Crippen LogP contribution in [0.3, 0.4) is 0 Å². The molecule has 42 heavy (non-hydrogen) atoms. The van der Waals surface area contributed by atoms with E-state index in [0.717, 1.165) is 29.2 Å². The first kappa shape index (κ1) is 30.7. The average Bonchev–Trinajstić information content (AvgIpc) is 3.39. The van der Waals surface area contributed by atoms with Crippen LogP contribution in [0.25, 0.3) is 10.8 Å². The van der Waals surface area contributed by atoms with Gasteiger partial charge in [0.25, 0.3) is 5.69 Å². The molecular weight excluding hydrogens is 534 g/mol. The smallest absolute Gasteiger partial charge is 0.269 e. The van der Waals surface area contributed by atoms with E-state index in [0.29, 0.717) is 61.1 Å². The highest BCUT2D eigenvalue weighted by Crippen LogP contribution is 2.42. The van der Waals surface area contributed by atoms with E-state index in [1.54, 1.807) is 19.2 Å². The number of benzene rings is 3. The summed E-state index contributed by atoms with van der Waals surface area (Å²) in [4.78, 5) is 28.5. The Hall–Kier alpha value is -4.27. The van der Waals surface area contributed by atoms with Crippen molar-refractivity contribution in [2.24, 2.45) is 11.8 Å². The summed E-state index contributed by atoms with van der Waals surface area (Å²) in [5, 5.41) is 12.6. The lowest BCUT2D eigenvalue weighted by Crippen LogP contribution is -2.29. The summed E-state index contributed by atoms with van der Waals surface area (Å²) in [5.74, 6) is 2.65. The molecule has 1 aliphatic heterocycles. The van der Waals surface area contributed by atoms with E-state index in [4.69, 9.17) is 14.2 Å². The van der Waals surface area contributed by atoms with Crippen LogP contribution in [0, 0.1) is 22.0 Å². The first-order valence-corrected chi connectivity index (χ1v) is 14.5. The van der Waals surface area contributed by atoms with Gasteiger partial charge in [-0.3, -0.25) is 14.9 Å². The number of nitro groups is 1. The van der Waals surface area contributed by atoms with E-state index in [1.807, 2.05) is 41.6 Å². The second kappa shape index (κ2) is 14.1. The van der Waals surface area contributed by atoms with Crippen LogP contribution in [-0.2, 0) is 6.54 Å². The van der Waals surface area contributed by atoms with Gasteiger partial charge in [0.2, 0.25) is 0 Å². The van der Waals surface area contributed by atoms with Crippen molar-refractivity contribution in [2.75, 3.05) is 33.5 Å². The van der Waals surface area contributed by atoms with E-state index in [-0.39, 0.29) is 18.0 Å². The Morgan fingerprint density at radius 3 is 2.24 bits per heavy atom. The Morgan fingerprint density at radius 1 is 0.929 bits per heavy atom. The fourth-order valence-corrected chi connectivity index (χ4v) is 4.78. The minimum Gasteiger partial charge on any atom is -0.496 e. The molecule has 0 unspecified atom stereocenters. The Kier molecular flexibility index (Phi) is 10.3. The number of carbonyl (C=O) groups is 1. The molecule has 0 aliphatic carbocycles. The van der Waals surface area contributed by atoms with Gasteiger partial charge in [0.15, 0.2) is 5.78 Å². The average molecular weight is 576 g/mol. The number of non-ortho nitro benzene ring substituents is 1. The number of ether oxygens (including phenoxy) is 3. The zero-order valence-corrected chi connectivity index (χ0v) is 25.2. The van der Waals surface area contributed by atoms with Crippen molar-refractivity contribution in [3.63, 3.8) is 0 Å². The monoisotopic (exact) mass is 575 g/mol. The van der Waals surface area contributed by atoms with Crippen molar-refractivity contribution in [3.8, 4) is 17.2 Å². The van der Waals surface area contributed by atoms with E-state index in [1.165, 1.54) is 12.1 Å². The van der Waals surface area contributed by atoms with Gasteiger partial charge in [-0.05, 0) is 42.4 Å². The van der Waals surface area contributed by atoms with Crippen molar-refractivity contribution in [1.82, 2.24) is 9.80 Å². The Balaban J connectivity index is 1.59. The molecular formula is C33H41N3O6. The van der Waals surface area contributed by atoms with Crippen LogP contribution < -0.4 is 14.2 Å². The van der Waals surface area contributed by atoms with Crippen molar-refractivity contribution in [3.05, 3.63) is 82.2 Å². The van der Waals surface area contributed by atoms with Gasteiger partial charge < -0.3 is 24.0 Å². The molecule has 0 N–H and O–H groups in total.